The van der Waals surface area contributed by atoms with Gasteiger partial charge in [0.1, 0.15) is 0 Å². The van der Waals surface area contributed by atoms with Crippen LogP contribution in [0.3, 0.4) is 0 Å². The molecule has 3 heteroatoms. The summed E-state index contributed by atoms with van der Waals surface area (Å²) in [6.07, 6.45) is 0.882. The van der Waals surface area contributed by atoms with Gasteiger partial charge in [-0.3, -0.25) is 0 Å². The first-order valence-corrected chi connectivity index (χ1v) is 4.74. The Balaban J connectivity index is 2.21. The highest BCUT2D eigenvalue weighted by atomic mass is 16.5. The zero-order valence-electron chi connectivity index (χ0n) is 7.83. The van der Waals surface area contributed by atoms with E-state index in [0.717, 1.165) is 39.3 Å². The summed E-state index contributed by atoms with van der Waals surface area (Å²) in [5.74, 6) is 0.631. The van der Waals surface area contributed by atoms with Crippen LogP contribution >= 0.6 is 0 Å². The molecule has 12 heavy (non-hydrogen) atoms. The maximum Gasteiger partial charge on any atom is 0.0593 e. The normalized spacial score (nSPS) is 27.0. The van der Waals surface area contributed by atoms with Gasteiger partial charge in [-0.1, -0.05) is 6.92 Å². The smallest absolute Gasteiger partial charge is 0.0593 e. The minimum atomic E-state index is 0.297. The molecule has 3 nitrogen and oxygen atoms in total. The summed E-state index contributed by atoms with van der Waals surface area (Å²) in [7, 11) is 0. The topological polar surface area (TPSA) is 32.7 Å². The highest BCUT2D eigenvalue weighted by Gasteiger charge is 2.13. The van der Waals surface area contributed by atoms with Gasteiger partial charge in [-0.15, -0.1) is 0 Å². The largest absolute Gasteiger partial charge is 0.396 e. The summed E-state index contributed by atoms with van der Waals surface area (Å²) in [6, 6.07) is 0. The summed E-state index contributed by atoms with van der Waals surface area (Å²) in [5, 5.41) is 8.68. The van der Waals surface area contributed by atoms with Crippen molar-refractivity contribution in [1.29, 1.82) is 0 Å². The SMILES string of the molecule is CC1COCCN(CCCO)C1. The van der Waals surface area contributed by atoms with Gasteiger partial charge < -0.3 is 14.7 Å². The van der Waals surface area contributed by atoms with Gasteiger partial charge in [0.05, 0.1) is 13.2 Å². The fourth-order valence-electron chi connectivity index (χ4n) is 1.56. The van der Waals surface area contributed by atoms with Crippen LogP contribution in [0.4, 0.5) is 0 Å². The number of hydrogen-bond acceptors (Lipinski definition) is 3. The van der Waals surface area contributed by atoms with Gasteiger partial charge in [-0.05, 0) is 12.3 Å². The molecule has 1 saturated heterocycles. The van der Waals surface area contributed by atoms with Crippen LogP contribution in [0.2, 0.25) is 0 Å². The molecule has 0 aromatic carbocycles. The number of rotatable bonds is 3. The second kappa shape index (κ2) is 5.51. The number of nitrogens with zero attached hydrogens (tertiary/aromatic N) is 1. The summed E-state index contributed by atoms with van der Waals surface area (Å²) in [4.78, 5) is 2.37. The Hall–Kier alpha value is -0.120. The van der Waals surface area contributed by atoms with E-state index in [1.165, 1.54) is 0 Å². The average molecular weight is 173 g/mol. The lowest BCUT2D eigenvalue weighted by Gasteiger charge is -2.20. The van der Waals surface area contributed by atoms with Gasteiger partial charge in [0, 0.05) is 26.2 Å². The third-order valence-electron chi connectivity index (χ3n) is 2.16. The van der Waals surface area contributed by atoms with Crippen LogP contribution < -0.4 is 0 Å². The summed E-state index contributed by atoms with van der Waals surface area (Å²) in [6.45, 7) is 7.36. The van der Waals surface area contributed by atoms with Gasteiger partial charge in [0.2, 0.25) is 0 Å². The Kier molecular flexibility index (Phi) is 4.58. The van der Waals surface area contributed by atoms with Gasteiger partial charge >= 0.3 is 0 Å². The second-order valence-electron chi connectivity index (χ2n) is 3.56. The van der Waals surface area contributed by atoms with E-state index in [-0.39, 0.29) is 0 Å². The molecular weight excluding hydrogens is 154 g/mol. The van der Waals surface area contributed by atoms with Crippen molar-refractivity contribution in [3.63, 3.8) is 0 Å². The summed E-state index contributed by atoms with van der Waals surface area (Å²) in [5.41, 5.74) is 0. The molecule has 1 unspecified atom stereocenters. The molecule has 1 aliphatic heterocycles. The lowest BCUT2D eigenvalue weighted by molar-refractivity contribution is 0.125. The van der Waals surface area contributed by atoms with Crippen molar-refractivity contribution in [2.45, 2.75) is 13.3 Å². The first-order chi connectivity index (χ1) is 5.83. The maximum absolute atomic E-state index is 8.68. The van der Waals surface area contributed by atoms with Crippen LogP contribution in [-0.2, 0) is 4.74 Å². The highest BCUT2D eigenvalue weighted by Crippen LogP contribution is 2.05. The fraction of sp³-hybridized carbons (Fsp3) is 1.00. The third kappa shape index (κ3) is 3.52. The van der Waals surface area contributed by atoms with Crippen LogP contribution in [-0.4, -0.2) is 49.5 Å². The van der Waals surface area contributed by atoms with E-state index < -0.39 is 0 Å². The monoisotopic (exact) mass is 173 g/mol. The molecule has 1 heterocycles. The predicted molar refractivity (Wildman–Crippen MR) is 48.1 cm³/mol. The van der Waals surface area contributed by atoms with E-state index in [2.05, 4.69) is 11.8 Å². The first-order valence-electron chi connectivity index (χ1n) is 4.74. The lowest BCUT2D eigenvalue weighted by atomic mass is 10.2. The molecule has 1 aliphatic rings. The lowest BCUT2D eigenvalue weighted by Crippen LogP contribution is -2.30. The second-order valence-corrected chi connectivity index (χ2v) is 3.56. The molecule has 1 N–H and O–H groups in total. The van der Waals surface area contributed by atoms with Crippen molar-refractivity contribution in [1.82, 2.24) is 4.90 Å². The van der Waals surface area contributed by atoms with Crippen molar-refractivity contribution in [3.05, 3.63) is 0 Å². The maximum atomic E-state index is 8.68. The molecule has 0 aromatic heterocycles. The van der Waals surface area contributed by atoms with E-state index in [9.17, 15) is 0 Å². The molecule has 0 spiro atoms. The van der Waals surface area contributed by atoms with E-state index in [1.807, 2.05) is 0 Å². The molecule has 1 atom stereocenters. The molecule has 0 bridgehead atoms. The van der Waals surface area contributed by atoms with Crippen LogP contribution in [0.25, 0.3) is 0 Å². The van der Waals surface area contributed by atoms with Crippen LogP contribution in [0.1, 0.15) is 13.3 Å². The Morgan fingerprint density at radius 2 is 2.42 bits per heavy atom. The molecule has 0 saturated carbocycles. The van der Waals surface area contributed by atoms with Crippen LogP contribution in [0.15, 0.2) is 0 Å². The molecular formula is C9H19NO2. The van der Waals surface area contributed by atoms with Crippen molar-refractivity contribution < 1.29 is 9.84 Å². The zero-order valence-corrected chi connectivity index (χ0v) is 7.83. The van der Waals surface area contributed by atoms with Gasteiger partial charge in [0.15, 0.2) is 0 Å². The van der Waals surface area contributed by atoms with Crippen molar-refractivity contribution in [2.24, 2.45) is 5.92 Å². The van der Waals surface area contributed by atoms with Crippen molar-refractivity contribution >= 4 is 0 Å². The Morgan fingerprint density at radius 1 is 1.58 bits per heavy atom. The first kappa shape index (κ1) is 9.96. The molecule has 0 amide bonds. The minimum Gasteiger partial charge on any atom is -0.396 e. The molecule has 0 aromatic rings. The predicted octanol–water partition coefficient (Wildman–Crippen LogP) is 0.337. The summed E-state index contributed by atoms with van der Waals surface area (Å²) >= 11 is 0. The molecule has 0 radical (unpaired) electrons. The fourth-order valence-corrected chi connectivity index (χ4v) is 1.56. The minimum absolute atomic E-state index is 0.297. The van der Waals surface area contributed by atoms with Crippen molar-refractivity contribution in [2.75, 3.05) is 39.5 Å². The highest BCUT2D eigenvalue weighted by molar-refractivity contribution is 4.65. The van der Waals surface area contributed by atoms with Crippen molar-refractivity contribution in [3.8, 4) is 0 Å². The quantitative estimate of drug-likeness (QED) is 0.668. The van der Waals surface area contributed by atoms with Gasteiger partial charge in [-0.25, -0.2) is 0 Å². The molecule has 1 fully saturated rings. The third-order valence-corrected chi connectivity index (χ3v) is 2.16. The van der Waals surface area contributed by atoms with Crippen LogP contribution in [0.5, 0.6) is 0 Å². The zero-order chi connectivity index (χ0) is 8.81. The number of ether oxygens (including phenoxy) is 1. The summed E-state index contributed by atoms with van der Waals surface area (Å²) < 4.78 is 5.41. The van der Waals surface area contributed by atoms with E-state index in [4.69, 9.17) is 9.84 Å². The van der Waals surface area contributed by atoms with E-state index >= 15 is 0 Å². The van der Waals surface area contributed by atoms with Gasteiger partial charge in [0.25, 0.3) is 0 Å². The standard InChI is InChI=1S/C9H19NO2/c1-9-7-10(3-2-5-11)4-6-12-8-9/h9,11H,2-8H2,1H3. The van der Waals surface area contributed by atoms with E-state index in [0.29, 0.717) is 12.5 Å². The molecule has 72 valence electrons. The van der Waals surface area contributed by atoms with Gasteiger partial charge in [-0.2, -0.15) is 0 Å². The Labute approximate surface area is 74.3 Å². The Bertz CT molecular complexity index is 119. The molecule has 1 rings (SSSR count). The van der Waals surface area contributed by atoms with Crippen LogP contribution in [0, 0.1) is 5.92 Å². The number of aliphatic hydroxyl groups is 1. The molecule has 0 aliphatic carbocycles. The number of aliphatic hydroxyl groups excluding tert-OH is 1. The van der Waals surface area contributed by atoms with E-state index in [1.54, 1.807) is 0 Å². The average Bonchev–Trinajstić information content (AvgIpc) is 2.26. The Morgan fingerprint density at radius 3 is 3.17 bits per heavy atom. The number of hydrogen-bond donors (Lipinski definition) is 1.